The minimum atomic E-state index is -3.83. The number of nitrogens with zero attached hydrogens (tertiary/aromatic N) is 5. The quantitative estimate of drug-likeness (QED) is 0.424. The van der Waals surface area contributed by atoms with Gasteiger partial charge < -0.3 is 4.90 Å². The molecule has 1 unspecified atom stereocenters. The standard InChI is InChI=1S/C25H35N7O4S.2H2/c1-16-10-18(6-9-30(16)3)20-11-19(37(34,35)29-25(2)7-8-25)12-21-22(20)27-24(28-36-5)32(23(21)33)15-17-13-26-31(4)14-17;;/h11-14,16,18,29H,6-10,15H2,1-5H3,(H,27,28);2*1H/t16-,18?;;/m1../s1. The van der Waals surface area contributed by atoms with Gasteiger partial charge in [-0.15, -0.1) is 0 Å². The van der Waals surface area contributed by atoms with Gasteiger partial charge in [-0.3, -0.25) is 18.9 Å². The average Bonchev–Trinajstić information content (AvgIpc) is 3.41. The van der Waals surface area contributed by atoms with Gasteiger partial charge in [0, 0.05) is 33.2 Å². The van der Waals surface area contributed by atoms with Gasteiger partial charge in [-0.05, 0) is 76.7 Å². The smallest absolute Gasteiger partial charge is 0.263 e. The van der Waals surface area contributed by atoms with Gasteiger partial charge in [-0.25, -0.2) is 23.6 Å². The number of hydrogen-bond donors (Lipinski definition) is 2. The second kappa shape index (κ2) is 9.50. The molecule has 2 aliphatic rings. The third-order valence-corrected chi connectivity index (χ3v) is 9.31. The Morgan fingerprint density at radius 3 is 2.65 bits per heavy atom. The largest absolute Gasteiger partial charge is 0.304 e. The van der Waals surface area contributed by atoms with E-state index in [-0.39, 0.29) is 37.1 Å². The van der Waals surface area contributed by atoms with Crippen molar-refractivity contribution in [1.82, 2.24) is 29.0 Å². The molecule has 5 rings (SSSR count). The summed E-state index contributed by atoms with van der Waals surface area (Å²) in [6.07, 6.45) is 6.78. The van der Waals surface area contributed by atoms with Gasteiger partial charge in [0.25, 0.3) is 5.56 Å². The van der Waals surface area contributed by atoms with Gasteiger partial charge in [0.15, 0.2) is 0 Å². The van der Waals surface area contributed by atoms with Crippen LogP contribution in [0.1, 0.15) is 59.4 Å². The molecular weight excluding hydrogens is 494 g/mol. The normalized spacial score (nSPS) is 21.9. The monoisotopic (exact) mass is 533 g/mol. The number of rotatable bonds is 8. The first kappa shape index (κ1) is 25.8. The van der Waals surface area contributed by atoms with Crippen molar-refractivity contribution in [1.29, 1.82) is 0 Å². The molecule has 1 aliphatic heterocycles. The summed E-state index contributed by atoms with van der Waals surface area (Å²) in [6.45, 7) is 5.14. The Morgan fingerprint density at radius 1 is 1.27 bits per heavy atom. The van der Waals surface area contributed by atoms with Crippen molar-refractivity contribution in [3.05, 3.63) is 46.0 Å². The lowest BCUT2D eigenvalue weighted by Crippen LogP contribution is -2.37. The Bertz CT molecular complexity index is 1500. The zero-order valence-electron chi connectivity index (χ0n) is 22.0. The topological polar surface area (TPSA) is 123 Å². The van der Waals surface area contributed by atoms with E-state index in [9.17, 15) is 13.2 Å². The molecule has 0 radical (unpaired) electrons. The minimum Gasteiger partial charge on any atom is -0.304 e. The van der Waals surface area contributed by atoms with Crippen molar-refractivity contribution in [2.45, 2.75) is 68.5 Å². The molecule has 0 spiro atoms. The molecule has 0 amide bonds. The zero-order valence-corrected chi connectivity index (χ0v) is 22.8. The second-order valence-corrected chi connectivity index (χ2v) is 12.5. The summed E-state index contributed by atoms with van der Waals surface area (Å²) in [6, 6.07) is 3.50. The molecule has 3 heterocycles. The van der Waals surface area contributed by atoms with E-state index >= 15 is 0 Å². The fraction of sp³-hybridized carbons (Fsp3) is 0.560. The number of fused-ring (bicyclic) bond motifs is 1. The highest BCUT2D eigenvalue weighted by atomic mass is 32.2. The number of benzene rings is 1. The maximum absolute atomic E-state index is 13.9. The lowest BCUT2D eigenvalue weighted by molar-refractivity contribution is 0.183. The van der Waals surface area contributed by atoms with Gasteiger partial charge in [-0.1, -0.05) is 0 Å². The molecule has 2 N–H and O–H groups in total. The van der Waals surface area contributed by atoms with Crippen molar-refractivity contribution >= 4 is 26.9 Å². The summed E-state index contributed by atoms with van der Waals surface area (Å²) in [5, 5.41) is 4.47. The summed E-state index contributed by atoms with van der Waals surface area (Å²) in [7, 11) is 1.53. The van der Waals surface area contributed by atoms with Crippen LogP contribution in [0.25, 0.3) is 10.9 Å². The highest BCUT2D eigenvalue weighted by molar-refractivity contribution is 7.89. The van der Waals surface area contributed by atoms with E-state index in [4.69, 9.17) is 9.82 Å². The number of sulfonamides is 1. The highest BCUT2D eigenvalue weighted by Crippen LogP contribution is 2.38. The fourth-order valence-electron chi connectivity index (χ4n) is 5.09. The Balaban J connectivity index is 0.00000210. The summed E-state index contributed by atoms with van der Waals surface area (Å²) in [4.78, 5) is 26.3. The molecule has 1 aromatic carbocycles. The van der Waals surface area contributed by atoms with Crippen LogP contribution in [-0.4, -0.2) is 64.9 Å². The van der Waals surface area contributed by atoms with E-state index < -0.39 is 15.6 Å². The molecule has 2 aromatic heterocycles. The molecule has 1 saturated heterocycles. The molecule has 1 saturated carbocycles. The predicted molar refractivity (Wildman–Crippen MR) is 145 cm³/mol. The molecular formula is C25H39N7O4S. The van der Waals surface area contributed by atoms with Crippen LogP contribution in [-0.2, 0) is 28.5 Å². The molecule has 11 nitrogen and oxygen atoms in total. The van der Waals surface area contributed by atoms with Gasteiger partial charge in [0.2, 0.25) is 16.0 Å². The molecule has 2 fully saturated rings. The van der Waals surface area contributed by atoms with Gasteiger partial charge in [0.1, 0.15) is 0 Å². The zero-order chi connectivity index (χ0) is 26.5. The lowest BCUT2D eigenvalue weighted by atomic mass is 9.85. The molecule has 2 atom stereocenters. The predicted octanol–water partition coefficient (Wildman–Crippen LogP) is 2.67. The third kappa shape index (κ3) is 5.15. The van der Waals surface area contributed by atoms with E-state index in [0.29, 0.717) is 11.6 Å². The van der Waals surface area contributed by atoms with E-state index in [0.717, 1.165) is 43.4 Å². The molecule has 0 bridgehead atoms. The molecule has 204 valence electrons. The molecule has 12 heteroatoms. The van der Waals surface area contributed by atoms with Crippen LogP contribution >= 0.6 is 0 Å². The lowest BCUT2D eigenvalue weighted by Gasteiger charge is -2.35. The van der Waals surface area contributed by atoms with Crippen LogP contribution in [0.5, 0.6) is 0 Å². The number of hydrogen-bond acceptors (Lipinski definition) is 8. The van der Waals surface area contributed by atoms with E-state index in [2.05, 4.69) is 34.2 Å². The van der Waals surface area contributed by atoms with Crippen molar-refractivity contribution in [3.8, 4) is 0 Å². The van der Waals surface area contributed by atoms with E-state index in [1.165, 1.54) is 17.7 Å². The first-order valence-electron chi connectivity index (χ1n) is 12.6. The number of aryl methyl sites for hydroxylation is 1. The van der Waals surface area contributed by atoms with Crippen LogP contribution < -0.4 is 15.8 Å². The van der Waals surface area contributed by atoms with E-state index in [1.54, 1.807) is 24.0 Å². The first-order chi connectivity index (χ1) is 17.5. The summed E-state index contributed by atoms with van der Waals surface area (Å²) in [5.41, 5.74) is 4.07. The summed E-state index contributed by atoms with van der Waals surface area (Å²) in [5.74, 6) is 0.321. The maximum atomic E-state index is 13.9. The number of anilines is 1. The van der Waals surface area contributed by atoms with Crippen LogP contribution in [0.15, 0.2) is 34.2 Å². The van der Waals surface area contributed by atoms with Crippen LogP contribution in [0.3, 0.4) is 0 Å². The number of aromatic nitrogens is 4. The van der Waals surface area contributed by atoms with Gasteiger partial charge in [-0.2, -0.15) is 5.10 Å². The SMILES string of the molecule is CONc1nc2c(C3CCN(C)[C@H](C)C3)cc(S(=O)(=O)NC3(C)CC3)cc2c(=O)n1Cc1cnn(C)c1.[HH].[HH]. The van der Waals surface area contributed by atoms with Crippen molar-refractivity contribution < 1.29 is 16.1 Å². The van der Waals surface area contributed by atoms with E-state index in [1.807, 2.05) is 13.1 Å². The Hall–Kier alpha value is -2.80. The van der Waals surface area contributed by atoms with Gasteiger partial charge >= 0.3 is 0 Å². The summed E-state index contributed by atoms with van der Waals surface area (Å²) >= 11 is 0. The molecule has 1 aliphatic carbocycles. The number of piperidine rings is 1. The highest BCUT2D eigenvalue weighted by Gasteiger charge is 2.41. The Kier molecular flexibility index (Phi) is 6.63. The summed E-state index contributed by atoms with van der Waals surface area (Å²) < 4.78 is 32.8. The van der Waals surface area contributed by atoms with Crippen molar-refractivity contribution in [2.75, 3.05) is 26.2 Å². The fourth-order valence-corrected chi connectivity index (χ4v) is 6.61. The second-order valence-electron chi connectivity index (χ2n) is 10.8. The number of nitrogens with one attached hydrogen (secondary N) is 2. The van der Waals surface area contributed by atoms with Crippen molar-refractivity contribution in [3.63, 3.8) is 0 Å². The van der Waals surface area contributed by atoms with Gasteiger partial charge in [0.05, 0.1) is 35.6 Å². The van der Waals surface area contributed by atoms with Crippen LogP contribution in [0.2, 0.25) is 0 Å². The first-order valence-corrected chi connectivity index (χ1v) is 14.1. The average molecular weight is 534 g/mol. The van der Waals surface area contributed by atoms with Crippen molar-refractivity contribution in [2.24, 2.45) is 7.05 Å². The molecule has 3 aromatic rings. The molecule has 37 heavy (non-hydrogen) atoms. The number of likely N-dealkylation sites (tertiary alicyclic amines) is 1. The third-order valence-electron chi connectivity index (χ3n) is 7.69. The minimum absolute atomic E-state index is 0. The Morgan fingerprint density at radius 2 is 2.03 bits per heavy atom. The van der Waals surface area contributed by atoms with Crippen LogP contribution in [0, 0.1) is 0 Å². The van der Waals surface area contributed by atoms with Crippen LogP contribution in [0.4, 0.5) is 5.95 Å². The maximum Gasteiger partial charge on any atom is 0.263 e. The Labute approximate surface area is 219 Å².